The molecule has 1 fully saturated rings. The predicted molar refractivity (Wildman–Crippen MR) is 51.0 cm³/mol. The van der Waals surface area contributed by atoms with E-state index in [1.165, 1.54) is 24.8 Å². The van der Waals surface area contributed by atoms with Gasteiger partial charge < -0.3 is 5.73 Å². The molecule has 2 N–H and O–H groups in total. The Bertz CT molecular complexity index is 242. The highest BCUT2D eigenvalue weighted by Gasteiger charge is 2.22. The van der Waals surface area contributed by atoms with Crippen LogP contribution in [0.25, 0.3) is 0 Å². The van der Waals surface area contributed by atoms with Crippen molar-refractivity contribution >= 4 is 0 Å². The molecule has 0 amide bonds. The van der Waals surface area contributed by atoms with E-state index in [-0.39, 0.29) is 0 Å². The first kappa shape index (κ1) is 7.81. The number of nitrogens with two attached hydrogens (primary N) is 1. The van der Waals surface area contributed by atoms with Crippen molar-refractivity contribution in [2.75, 3.05) is 0 Å². The van der Waals surface area contributed by atoms with E-state index in [0.29, 0.717) is 6.04 Å². The fourth-order valence-corrected chi connectivity index (χ4v) is 2.04. The second kappa shape index (κ2) is 3.28. The normalized spacial score (nSPS) is 29.1. The summed E-state index contributed by atoms with van der Waals surface area (Å²) in [5.41, 5.74) is 7.33. The zero-order valence-electron chi connectivity index (χ0n) is 7.24. The first-order valence-electron chi connectivity index (χ1n) is 4.67. The zero-order chi connectivity index (χ0) is 8.39. The van der Waals surface area contributed by atoms with E-state index in [1.54, 1.807) is 0 Å². The van der Waals surface area contributed by atoms with Crippen LogP contribution in [0, 0.1) is 0 Å². The third kappa shape index (κ3) is 1.51. The molecule has 1 saturated carbocycles. The zero-order valence-corrected chi connectivity index (χ0v) is 7.24. The van der Waals surface area contributed by atoms with E-state index in [2.05, 4.69) is 30.3 Å². The smallest absolute Gasteiger partial charge is 0.00448 e. The Balaban J connectivity index is 2.11. The number of benzene rings is 1. The highest BCUT2D eigenvalue weighted by molar-refractivity contribution is 5.20. The van der Waals surface area contributed by atoms with Gasteiger partial charge in [-0.15, -0.1) is 0 Å². The summed E-state index contributed by atoms with van der Waals surface area (Å²) in [6.45, 7) is 0. The molecule has 1 aromatic carbocycles. The topological polar surface area (TPSA) is 26.0 Å². The van der Waals surface area contributed by atoms with Crippen LogP contribution in [0.1, 0.15) is 30.7 Å². The van der Waals surface area contributed by atoms with Gasteiger partial charge in [-0.3, -0.25) is 0 Å². The van der Waals surface area contributed by atoms with Gasteiger partial charge in [-0.25, -0.2) is 0 Å². The second-order valence-electron chi connectivity index (χ2n) is 3.68. The molecule has 0 aliphatic heterocycles. The summed E-state index contributed by atoms with van der Waals surface area (Å²) < 4.78 is 0. The van der Waals surface area contributed by atoms with Gasteiger partial charge in [0.2, 0.25) is 0 Å². The predicted octanol–water partition coefficient (Wildman–Crippen LogP) is 2.28. The van der Waals surface area contributed by atoms with Gasteiger partial charge in [0.05, 0.1) is 0 Å². The monoisotopic (exact) mass is 161 g/mol. The quantitative estimate of drug-likeness (QED) is 0.672. The van der Waals surface area contributed by atoms with Crippen LogP contribution < -0.4 is 5.73 Å². The van der Waals surface area contributed by atoms with E-state index >= 15 is 0 Å². The van der Waals surface area contributed by atoms with Crippen molar-refractivity contribution in [1.29, 1.82) is 0 Å². The Morgan fingerprint density at radius 2 is 1.83 bits per heavy atom. The first-order chi connectivity index (χ1) is 5.86. The molecule has 0 unspecified atom stereocenters. The largest absolute Gasteiger partial charge is 0.328 e. The lowest BCUT2D eigenvalue weighted by molar-refractivity contribution is 0.675. The van der Waals surface area contributed by atoms with Crippen molar-refractivity contribution in [1.82, 2.24) is 0 Å². The number of rotatable bonds is 1. The number of hydrogen-bond donors (Lipinski definition) is 1. The molecule has 0 spiro atoms. The fraction of sp³-hybridized carbons (Fsp3) is 0.455. The maximum Gasteiger partial charge on any atom is 0.00448 e. The van der Waals surface area contributed by atoms with Crippen molar-refractivity contribution in [3.05, 3.63) is 35.9 Å². The summed E-state index contributed by atoms with van der Waals surface area (Å²) in [5, 5.41) is 0. The molecule has 1 nitrogen and oxygen atoms in total. The maximum absolute atomic E-state index is 5.86. The highest BCUT2D eigenvalue weighted by Crippen LogP contribution is 2.32. The van der Waals surface area contributed by atoms with E-state index in [0.717, 1.165) is 5.92 Å². The Morgan fingerprint density at radius 3 is 2.42 bits per heavy atom. The standard InChI is InChI=1S/C11H15N/c12-11-7-6-10(8-11)9-4-2-1-3-5-9/h1-5,10-11H,6-8,12H2/t10-,11-/m0/s1. The third-order valence-electron chi connectivity index (χ3n) is 2.74. The molecule has 1 aromatic rings. The molecular formula is C11H15N. The van der Waals surface area contributed by atoms with Gasteiger partial charge in [-0.1, -0.05) is 30.3 Å². The van der Waals surface area contributed by atoms with E-state index in [1.807, 2.05) is 0 Å². The van der Waals surface area contributed by atoms with E-state index < -0.39 is 0 Å². The molecule has 0 radical (unpaired) electrons. The highest BCUT2D eigenvalue weighted by atomic mass is 14.6. The van der Waals surface area contributed by atoms with Crippen LogP contribution >= 0.6 is 0 Å². The Labute approximate surface area is 73.6 Å². The van der Waals surface area contributed by atoms with Gasteiger partial charge in [0.15, 0.2) is 0 Å². The van der Waals surface area contributed by atoms with Gasteiger partial charge in [0.25, 0.3) is 0 Å². The van der Waals surface area contributed by atoms with E-state index in [9.17, 15) is 0 Å². The SMILES string of the molecule is N[C@H]1CC[C@H](c2ccccc2)C1. The van der Waals surface area contributed by atoms with Crippen molar-refractivity contribution in [3.8, 4) is 0 Å². The molecular weight excluding hydrogens is 146 g/mol. The molecule has 0 heterocycles. The molecule has 1 aliphatic carbocycles. The molecule has 1 heteroatoms. The lowest BCUT2D eigenvalue weighted by Crippen LogP contribution is -2.14. The summed E-state index contributed by atoms with van der Waals surface area (Å²) in [6, 6.07) is 11.2. The minimum absolute atomic E-state index is 0.440. The Kier molecular flexibility index (Phi) is 2.13. The lowest BCUT2D eigenvalue weighted by atomic mass is 9.98. The van der Waals surface area contributed by atoms with Gasteiger partial charge in [0.1, 0.15) is 0 Å². The maximum atomic E-state index is 5.86. The molecule has 2 atom stereocenters. The molecule has 0 aromatic heterocycles. The summed E-state index contributed by atoms with van der Waals surface area (Å²) in [4.78, 5) is 0. The second-order valence-corrected chi connectivity index (χ2v) is 3.68. The first-order valence-corrected chi connectivity index (χ1v) is 4.67. The number of hydrogen-bond acceptors (Lipinski definition) is 1. The van der Waals surface area contributed by atoms with Crippen LogP contribution in [-0.4, -0.2) is 6.04 Å². The van der Waals surface area contributed by atoms with Crippen molar-refractivity contribution < 1.29 is 0 Å². The molecule has 0 bridgehead atoms. The van der Waals surface area contributed by atoms with Crippen LogP contribution in [0.3, 0.4) is 0 Å². The molecule has 0 saturated heterocycles. The average Bonchev–Trinajstić information content (AvgIpc) is 2.54. The Morgan fingerprint density at radius 1 is 1.08 bits per heavy atom. The van der Waals surface area contributed by atoms with Gasteiger partial charge in [0, 0.05) is 6.04 Å². The minimum Gasteiger partial charge on any atom is -0.328 e. The summed E-state index contributed by atoms with van der Waals surface area (Å²) in [5.74, 6) is 0.723. The van der Waals surface area contributed by atoms with Crippen molar-refractivity contribution in [2.24, 2.45) is 5.73 Å². The third-order valence-corrected chi connectivity index (χ3v) is 2.74. The molecule has 1 aliphatic rings. The Hall–Kier alpha value is -0.820. The molecule has 12 heavy (non-hydrogen) atoms. The van der Waals surface area contributed by atoms with E-state index in [4.69, 9.17) is 5.73 Å². The van der Waals surface area contributed by atoms with Crippen LogP contribution in [0.5, 0.6) is 0 Å². The van der Waals surface area contributed by atoms with Gasteiger partial charge in [-0.05, 0) is 30.7 Å². The summed E-state index contributed by atoms with van der Waals surface area (Å²) >= 11 is 0. The summed E-state index contributed by atoms with van der Waals surface area (Å²) in [7, 11) is 0. The fourth-order valence-electron chi connectivity index (χ4n) is 2.04. The van der Waals surface area contributed by atoms with Crippen molar-refractivity contribution in [3.63, 3.8) is 0 Å². The van der Waals surface area contributed by atoms with Crippen LogP contribution in [0.4, 0.5) is 0 Å². The lowest BCUT2D eigenvalue weighted by Gasteiger charge is -2.08. The van der Waals surface area contributed by atoms with Crippen LogP contribution in [0.15, 0.2) is 30.3 Å². The molecule has 2 rings (SSSR count). The van der Waals surface area contributed by atoms with Gasteiger partial charge in [-0.2, -0.15) is 0 Å². The average molecular weight is 161 g/mol. The van der Waals surface area contributed by atoms with Crippen molar-refractivity contribution in [2.45, 2.75) is 31.2 Å². The van der Waals surface area contributed by atoms with Crippen LogP contribution in [0.2, 0.25) is 0 Å². The molecule has 64 valence electrons. The summed E-state index contributed by atoms with van der Waals surface area (Å²) in [6.07, 6.45) is 3.63. The van der Waals surface area contributed by atoms with Crippen LogP contribution in [-0.2, 0) is 0 Å². The van der Waals surface area contributed by atoms with Gasteiger partial charge >= 0.3 is 0 Å². The minimum atomic E-state index is 0.440.